The molecule has 0 fully saturated rings. The van der Waals surface area contributed by atoms with Crippen LogP contribution in [0.5, 0.6) is 5.75 Å². The molecule has 0 amide bonds. The van der Waals surface area contributed by atoms with Crippen LogP contribution in [-0.2, 0) is 12.8 Å². The lowest BCUT2D eigenvalue weighted by Crippen LogP contribution is -1.86. The Labute approximate surface area is 88.9 Å². The zero-order valence-electron chi connectivity index (χ0n) is 8.71. The van der Waals surface area contributed by atoms with Gasteiger partial charge < -0.3 is 10.1 Å². The van der Waals surface area contributed by atoms with E-state index in [0.29, 0.717) is 5.75 Å². The Morgan fingerprint density at radius 2 is 1.93 bits per heavy atom. The summed E-state index contributed by atoms with van der Waals surface area (Å²) in [7, 11) is 0. The van der Waals surface area contributed by atoms with Crippen molar-refractivity contribution in [2.75, 3.05) is 0 Å². The third kappa shape index (κ3) is 1.41. The molecule has 2 heteroatoms. The quantitative estimate of drug-likeness (QED) is 0.631. The molecule has 0 unspecified atom stereocenters. The Morgan fingerprint density at radius 1 is 1.07 bits per heavy atom. The number of phenolic OH excluding ortho intramolecular Hbond substituents is 1. The standard InChI is InChI=1S/C13H15NO/c15-9-6-7-11-10-4-2-1-3-5-12(10)14-13(11)8-9/h6-8,14-15H,1-5H2. The van der Waals surface area contributed by atoms with E-state index in [4.69, 9.17) is 0 Å². The molecule has 1 aromatic carbocycles. The van der Waals surface area contributed by atoms with Crippen LogP contribution in [0.2, 0.25) is 0 Å². The molecule has 15 heavy (non-hydrogen) atoms. The van der Waals surface area contributed by atoms with E-state index >= 15 is 0 Å². The molecule has 3 rings (SSSR count). The molecule has 78 valence electrons. The molecule has 1 aliphatic rings. The molecule has 0 radical (unpaired) electrons. The second-order valence-corrected chi connectivity index (χ2v) is 4.37. The maximum atomic E-state index is 9.43. The number of fused-ring (bicyclic) bond motifs is 3. The molecule has 1 heterocycles. The minimum atomic E-state index is 0.346. The van der Waals surface area contributed by atoms with Gasteiger partial charge >= 0.3 is 0 Å². The number of rotatable bonds is 0. The van der Waals surface area contributed by atoms with Crippen LogP contribution in [0.3, 0.4) is 0 Å². The predicted molar refractivity (Wildman–Crippen MR) is 61.2 cm³/mol. The van der Waals surface area contributed by atoms with Gasteiger partial charge in [-0.3, -0.25) is 0 Å². The van der Waals surface area contributed by atoms with Crippen molar-refractivity contribution >= 4 is 10.9 Å². The maximum absolute atomic E-state index is 9.43. The summed E-state index contributed by atoms with van der Waals surface area (Å²) in [6, 6.07) is 5.64. The number of aromatic nitrogens is 1. The van der Waals surface area contributed by atoms with Crippen molar-refractivity contribution in [3.05, 3.63) is 29.5 Å². The van der Waals surface area contributed by atoms with Gasteiger partial charge in [-0.1, -0.05) is 6.42 Å². The summed E-state index contributed by atoms with van der Waals surface area (Å²) in [5, 5.41) is 10.7. The highest BCUT2D eigenvalue weighted by molar-refractivity contribution is 5.85. The molecule has 0 spiro atoms. The van der Waals surface area contributed by atoms with Crippen molar-refractivity contribution in [3.8, 4) is 5.75 Å². The summed E-state index contributed by atoms with van der Waals surface area (Å²) in [6.45, 7) is 0. The highest BCUT2D eigenvalue weighted by Crippen LogP contribution is 2.30. The van der Waals surface area contributed by atoms with Gasteiger partial charge in [-0.05, 0) is 43.4 Å². The van der Waals surface area contributed by atoms with Gasteiger partial charge in [0.05, 0.1) is 0 Å². The summed E-state index contributed by atoms with van der Waals surface area (Å²) in [6.07, 6.45) is 6.25. The van der Waals surface area contributed by atoms with Gasteiger partial charge in [0.25, 0.3) is 0 Å². The third-order valence-corrected chi connectivity index (χ3v) is 3.33. The molecule has 0 saturated heterocycles. The maximum Gasteiger partial charge on any atom is 0.117 e. The number of aromatic hydroxyl groups is 1. The monoisotopic (exact) mass is 201 g/mol. The average molecular weight is 201 g/mol. The van der Waals surface area contributed by atoms with Crippen molar-refractivity contribution in [2.45, 2.75) is 32.1 Å². The smallest absolute Gasteiger partial charge is 0.117 e. The van der Waals surface area contributed by atoms with Gasteiger partial charge in [-0.2, -0.15) is 0 Å². The van der Waals surface area contributed by atoms with E-state index in [-0.39, 0.29) is 0 Å². The molecule has 1 aromatic heterocycles. The van der Waals surface area contributed by atoms with E-state index in [2.05, 4.69) is 4.98 Å². The van der Waals surface area contributed by atoms with Gasteiger partial charge in [0, 0.05) is 22.7 Å². The lowest BCUT2D eigenvalue weighted by Gasteiger charge is -1.97. The molecular weight excluding hydrogens is 186 g/mol. The summed E-state index contributed by atoms with van der Waals surface area (Å²) >= 11 is 0. The number of benzene rings is 1. The van der Waals surface area contributed by atoms with Crippen LogP contribution in [0.25, 0.3) is 10.9 Å². The highest BCUT2D eigenvalue weighted by atomic mass is 16.3. The van der Waals surface area contributed by atoms with Crippen LogP contribution in [0.15, 0.2) is 18.2 Å². The first-order valence-corrected chi connectivity index (χ1v) is 5.67. The van der Waals surface area contributed by atoms with Crippen LogP contribution in [0.1, 0.15) is 30.5 Å². The lowest BCUT2D eigenvalue weighted by atomic mass is 10.1. The Kier molecular flexibility index (Phi) is 1.94. The van der Waals surface area contributed by atoms with Crippen LogP contribution in [0, 0.1) is 0 Å². The number of aromatic amines is 1. The summed E-state index contributed by atoms with van der Waals surface area (Å²) in [5.74, 6) is 0.346. The zero-order chi connectivity index (χ0) is 10.3. The molecule has 2 nitrogen and oxygen atoms in total. The first-order valence-electron chi connectivity index (χ1n) is 5.67. The lowest BCUT2D eigenvalue weighted by molar-refractivity contribution is 0.476. The second kappa shape index (κ2) is 3.30. The van der Waals surface area contributed by atoms with Gasteiger partial charge in [-0.25, -0.2) is 0 Å². The van der Waals surface area contributed by atoms with E-state index in [9.17, 15) is 5.11 Å². The third-order valence-electron chi connectivity index (χ3n) is 3.33. The van der Waals surface area contributed by atoms with E-state index < -0.39 is 0 Å². The van der Waals surface area contributed by atoms with E-state index in [1.807, 2.05) is 12.1 Å². The zero-order valence-corrected chi connectivity index (χ0v) is 8.71. The highest BCUT2D eigenvalue weighted by Gasteiger charge is 2.13. The largest absolute Gasteiger partial charge is 0.508 e. The van der Waals surface area contributed by atoms with Gasteiger partial charge in [-0.15, -0.1) is 0 Å². The van der Waals surface area contributed by atoms with Crippen LogP contribution in [0.4, 0.5) is 0 Å². The summed E-state index contributed by atoms with van der Waals surface area (Å²) in [5.41, 5.74) is 3.94. The molecular formula is C13H15NO. The Balaban J connectivity index is 2.23. The van der Waals surface area contributed by atoms with Crippen molar-refractivity contribution in [3.63, 3.8) is 0 Å². The fourth-order valence-electron chi connectivity index (χ4n) is 2.58. The van der Waals surface area contributed by atoms with Crippen molar-refractivity contribution in [1.29, 1.82) is 0 Å². The molecule has 0 atom stereocenters. The average Bonchev–Trinajstić information content (AvgIpc) is 2.42. The molecule has 2 N–H and O–H groups in total. The first-order chi connectivity index (χ1) is 7.34. The van der Waals surface area contributed by atoms with Crippen molar-refractivity contribution in [2.24, 2.45) is 0 Å². The minimum absolute atomic E-state index is 0.346. The first kappa shape index (κ1) is 8.84. The van der Waals surface area contributed by atoms with E-state index in [1.165, 1.54) is 42.3 Å². The predicted octanol–water partition coefficient (Wildman–Crippen LogP) is 3.14. The normalized spacial score (nSPS) is 16.3. The molecule has 1 aliphatic carbocycles. The summed E-state index contributed by atoms with van der Waals surface area (Å²) < 4.78 is 0. The van der Waals surface area contributed by atoms with Crippen LogP contribution >= 0.6 is 0 Å². The van der Waals surface area contributed by atoms with Crippen molar-refractivity contribution in [1.82, 2.24) is 4.98 Å². The van der Waals surface area contributed by atoms with Crippen LogP contribution < -0.4 is 0 Å². The summed E-state index contributed by atoms with van der Waals surface area (Å²) in [4.78, 5) is 3.44. The van der Waals surface area contributed by atoms with Gasteiger partial charge in [0.1, 0.15) is 5.75 Å². The van der Waals surface area contributed by atoms with E-state index in [1.54, 1.807) is 6.07 Å². The van der Waals surface area contributed by atoms with Crippen molar-refractivity contribution < 1.29 is 5.11 Å². The van der Waals surface area contributed by atoms with Gasteiger partial charge in [0.2, 0.25) is 0 Å². The van der Waals surface area contributed by atoms with Crippen LogP contribution in [-0.4, -0.2) is 10.1 Å². The minimum Gasteiger partial charge on any atom is -0.508 e. The number of aryl methyl sites for hydroxylation is 2. The molecule has 0 bridgehead atoms. The topological polar surface area (TPSA) is 36.0 Å². The number of phenols is 1. The fraction of sp³-hybridized carbons (Fsp3) is 0.385. The Bertz CT molecular complexity index is 498. The SMILES string of the molecule is Oc1ccc2c3c([nH]c2c1)CCCCC3. The van der Waals surface area contributed by atoms with E-state index in [0.717, 1.165) is 11.9 Å². The second-order valence-electron chi connectivity index (χ2n) is 4.37. The number of H-pyrrole nitrogens is 1. The van der Waals surface area contributed by atoms with Gasteiger partial charge in [0.15, 0.2) is 0 Å². The molecule has 0 aliphatic heterocycles. The number of nitrogens with one attached hydrogen (secondary N) is 1. The molecule has 2 aromatic rings. The fourth-order valence-corrected chi connectivity index (χ4v) is 2.58. The molecule has 0 saturated carbocycles. The Hall–Kier alpha value is -1.44. The Morgan fingerprint density at radius 3 is 2.87 bits per heavy atom. The number of hydrogen-bond donors (Lipinski definition) is 2. The number of hydrogen-bond acceptors (Lipinski definition) is 1.